The highest BCUT2D eigenvalue weighted by Crippen LogP contribution is 2.23. The number of nitrogens with zero attached hydrogens (tertiary/aromatic N) is 2. The molecule has 0 heterocycles. The predicted molar refractivity (Wildman–Crippen MR) is 92.2 cm³/mol. The van der Waals surface area contributed by atoms with Gasteiger partial charge in [-0.3, -0.25) is 9.59 Å². The number of hydrogen-bond donors (Lipinski definition) is 4. The van der Waals surface area contributed by atoms with E-state index >= 15 is 0 Å². The molecular formula is C16H16N6O2. The lowest BCUT2D eigenvalue weighted by molar-refractivity contribution is 0.100. The number of carbonyl (C=O) groups excluding carboxylic acids is 2. The van der Waals surface area contributed by atoms with Gasteiger partial charge in [0.2, 0.25) is 0 Å². The van der Waals surface area contributed by atoms with Gasteiger partial charge < -0.3 is 22.9 Å². The lowest BCUT2D eigenvalue weighted by Gasteiger charge is -2.07. The average molecular weight is 324 g/mol. The van der Waals surface area contributed by atoms with Crippen molar-refractivity contribution in [1.82, 2.24) is 0 Å². The van der Waals surface area contributed by atoms with Crippen LogP contribution in [0.3, 0.4) is 0 Å². The van der Waals surface area contributed by atoms with E-state index in [1.165, 1.54) is 6.07 Å². The van der Waals surface area contributed by atoms with E-state index in [0.717, 1.165) is 5.56 Å². The van der Waals surface area contributed by atoms with Crippen molar-refractivity contribution in [3.05, 3.63) is 59.7 Å². The molecule has 0 unspecified atom stereocenters. The van der Waals surface area contributed by atoms with Gasteiger partial charge in [-0.05, 0) is 29.3 Å². The van der Waals surface area contributed by atoms with E-state index in [2.05, 4.69) is 9.98 Å². The molecule has 2 amide bonds. The molecule has 0 saturated heterocycles. The average Bonchev–Trinajstić information content (AvgIpc) is 2.54. The maximum Gasteiger partial charge on any atom is 0.280 e. The molecule has 0 spiro atoms. The Morgan fingerprint density at radius 2 is 1.12 bits per heavy atom. The molecule has 0 aliphatic carbocycles. The first-order valence-electron chi connectivity index (χ1n) is 6.85. The molecule has 0 fully saturated rings. The molecule has 0 aliphatic heterocycles. The molecule has 2 rings (SSSR count). The highest BCUT2D eigenvalue weighted by molar-refractivity contribution is 6.07. The second-order valence-electron chi connectivity index (χ2n) is 4.85. The Labute approximate surface area is 137 Å². The molecule has 0 radical (unpaired) electrons. The van der Waals surface area contributed by atoms with Gasteiger partial charge in [0.1, 0.15) is 0 Å². The van der Waals surface area contributed by atoms with Crippen LogP contribution in [0.15, 0.2) is 58.5 Å². The molecule has 2 aromatic rings. The first kappa shape index (κ1) is 16.7. The zero-order valence-electron chi connectivity index (χ0n) is 12.6. The molecule has 0 bridgehead atoms. The molecule has 8 N–H and O–H groups in total. The molecule has 8 nitrogen and oxygen atoms in total. The molecule has 2 aromatic carbocycles. The maximum atomic E-state index is 12.1. The van der Waals surface area contributed by atoms with Gasteiger partial charge in [-0.1, -0.05) is 30.3 Å². The molecule has 0 saturated carbocycles. The topological polar surface area (TPSA) is 163 Å². The van der Waals surface area contributed by atoms with E-state index in [1.54, 1.807) is 12.1 Å². The van der Waals surface area contributed by atoms with Gasteiger partial charge >= 0.3 is 0 Å². The Morgan fingerprint density at radius 3 is 1.54 bits per heavy atom. The molecule has 0 aliphatic rings. The fourth-order valence-electron chi connectivity index (χ4n) is 2.04. The number of nitrogens with two attached hydrogens (primary N) is 4. The van der Waals surface area contributed by atoms with Crippen molar-refractivity contribution >= 4 is 23.7 Å². The maximum absolute atomic E-state index is 12.1. The Balaban J connectivity index is 2.60. The van der Waals surface area contributed by atoms with Crippen LogP contribution in [0.25, 0.3) is 11.1 Å². The first-order chi connectivity index (χ1) is 11.4. The third-order valence-electron chi connectivity index (χ3n) is 3.00. The van der Waals surface area contributed by atoms with Crippen LogP contribution in [0.5, 0.6) is 0 Å². The van der Waals surface area contributed by atoms with Gasteiger partial charge in [0.25, 0.3) is 11.8 Å². The summed E-state index contributed by atoms with van der Waals surface area (Å²) >= 11 is 0. The highest BCUT2D eigenvalue weighted by Gasteiger charge is 2.14. The monoisotopic (exact) mass is 324 g/mol. The smallest absolute Gasteiger partial charge is 0.280 e. The Morgan fingerprint density at radius 1 is 0.667 bits per heavy atom. The first-order valence-corrected chi connectivity index (χ1v) is 6.85. The van der Waals surface area contributed by atoms with Gasteiger partial charge in [0.05, 0.1) is 0 Å². The third kappa shape index (κ3) is 4.17. The SMILES string of the molecule is NC(N)=NC(=O)c1cc(C(=O)N=C(N)N)cc(-c2ccccc2)c1. The second-order valence-corrected chi connectivity index (χ2v) is 4.85. The van der Waals surface area contributed by atoms with Crippen molar-refractivity contribution in [3.63, 3.8) is 0 Å². The van der Waals surface area contributed by atoms with Crippen LogP contribution in [0, 0.1) is 0 Å². The summed E-state index contributed by atoms with van der Waals surface area (Å²) in [6.07, 6.45) is 0. The van der Waals surface area contributed by atoms with Crippen LogP contribution in [-0.4, -0.2) is 23.7 Å². The van der Waals surface area contributed by atoms with Crippen molar-refractivity contribution in [2.75, 3.05) is 0 Å². The van der Waals surface area contributed by atoms with Crippen LogP contribution in [0.2, 0.25) is 0 Å². The van der Waals surface area contributed by atoms with Crippen molar-refractivity contribution in [1.29, 1.82) is 0 Å². The van der Waals surface area contributed by atoms with Crippen LogP contribution in [0.1, 0.15) is 20.7 Å². The minimum Gasteiger partial charge on any atom is -0.370 e. The quantitative estimate of drug-likeness (QED) is 0.464. The van der Waals surface area contributed by atoms with E-state index in [9.17, 15) is 9.59 Å². The van der Waals surface area contributed by atoms with Crippen molar-refractivity contribution in [2.45, 2.75) is 0 Å². The summed E-state index contributed by atoms with van der Waals surface area (Å²) in [6.45, 7) is 0. The molecule has 0 atom stereocenters. The normalized spacial score (nSPS) is 9.83. The molecule has 24 heavy (non-hydrogen) atoms. The molecule has 8 heteroatoms. The summed E-state index contributed by atoms with van der Waals surface area (Å²) < 4.78 is 0. The lowest BCUT2D eigenvalue weighted by atomic mass is 9.99. The summed E-state index contributed by atoms with van der Waals surface area (Å²) in [7, 11) is 0. The van der Waals surface area contributed by atoms with Crippen LogP contribution in [-0.2, 0) is 0 Å². The number of carbonyl (C=O) groups is 2. The minimum absolute atomic E-state index is 0.138. The summed E-state index contributed by atoms with van der Waals surface area (Å²) in [5.74, 6) is -2.09. The van der Waals surface area contributed by atoms with Gasteiger partial charge in [-0.2, -0.15) is 9.98 Å². The second kappa shape index (κ2) is 7.05. The van der Waals surface area contributed by atoms with E-state index in [0.29, 0.717) is 5.56 Å². The Kier molecular flexibility index (Phi) is 4.90. The van der Waals surface area contributed by atoms with Crippen LogP contribution < -0.4 is 22.9 Å². The van der Waals surface area contributed by atoms with E-state index < -0.39 is 11.8 Å². The largest absolute Gasteiger partial charge is 0.370 e. The summed E-state index contributed by atoms with van der Waals surface area (Å²) in [5, 5.41) is 0. The van der Waals surface area contributed by atoms with Crippen molar-refractivity contribution in [2.24, 2.45) is 32.9 Å². The summed E-state index contributed by atoms with van der Waals surface area (Å²) in [6, 6.07) is 13.7. The minimum atomic E-state index is -0.675. The summed E-state index contributed by atoms with van der Waals surface area (Å²) in [4.78, 5) is 31.1. The number of amides is 2. The standard InChI is InChI=1S/C16H16N6O2/c17-15(18)21-13(23)11-6-10(9-4-2-1-3-5-9)7-12(8-11)14(24)22-16(19)20/h1-8H,(H4,17,18,21,23)(H4,19,20,22,24). The molecular weight excluding hydrogens is 308 g/mol. The van der Waals surface area contributed by atoms with E-state index in [-0.39, 0.29) is 23.0 Å². The summed E-state index contributed by atoms with van der Waals surface area (Å²) in [5.41, 5.74) is 22.6. The van der Waals surface area contributed by atoms with Gasteiger partial charge in [-0.15, -0.1) is 0 Å². The third-order valence-corrected chi connectivity index (χ3v) is 3.00. The predicted octanol–water partition coefficient (Wildman–Crippen LogP) is 0.181. The van der Waals surface area contributed by atoms with Gasteiger partial charge in [0.15, 0.2) is 11.9 Å². The van der Waals surface area contributed by atoms with Gasteiger partial charge in [-0.25, -0.2) is 0 Å². The van der Waals surface area contributed by atoms with Crippen molar-refractivity contribution < 1.29 is 9.59 Å². The number of hydrogen-bond acceptors (Lipinski definition) is 2. The van der Waals surface area contributed by atoms with Gasteiger partial charge in [0, 0.05) is 11.1 Å². The van der Waals surface area contributed by atoms with Crippen molar-refractivity contribution in [3.8, 4) is 11.1 Å². The Bertz CT molecular complexity index is 787. The Hall–Kier alpha value is -3.68. The van der Waals surface area contributed by atoms with Crippen LogP contribution >= 0.6 is 0 Å². The van der Waals surface area contributed by atoms with E-state index in [1.807, 2.05) is 30.3 Å². The number of rotatable bonds is 3. The molecule has 0 aromatic heterocycles. The number of guanidine groups is 2. The fourth-order valence-corrected chi connectivity index (χ4v) is 2.04. The zero-order chi connectivity index (χ0) is 17.7. The number of aliphatic imine (C=N–C) groups is 2. The van der Waals surface area contributed by atoms with Crippen LogP contribution in [0.4, 0.5) is 0 Å². The highest BCUT2D eigenvalue weighted by atomic mass is 16.2. The molecule has 122 valence electrons. The zero-order valence-corrected chi connectivity index (χ0v) is 12.6. The fraction of sp³-hybridized carbons (Fsp3) is 0. The van der Waals surface area contributed by atoms with E-state index in [4.69, 9.17) is 22.9 Å². The lowest BCUT2D eigenvalue weighted by Crippen LogP contribution is -2.24. The number of benzene rings is 2.